The van der Waals surface area contributed by atoms with E-state index in [1.165, 1.54) is 12.8 Å². The van der Waals surface area contributed by atoms with Gasteiger partial charge >= 0.3 is 0 Å². The number of carbonyl (C=O) groups excluding carboxylic acids is 2. The second-order valence-corrected chi connectivity index (χ2v) is 8.55. The highest BCUT2D eigenvalue weighted by Crippen LogP contribution is 2.27. The first kappa shape index (κ1) is 19.4. The Balaban J connectivity index is 1.30. The summed E-state index contributed by atoms with van der Waals surface area (Å²) in [5.41, 5.74) is 0.667. The van der Waals surface area contributed by atoms with Gasteiger partial charge in [-0.15, -0.1) is 0 Å². The van der Waals surface area contributed by atoms with Gasteiger partial charge in [0.15, 0.2) is 5.78 Å². The SMILES string of the molecule is CC(=O)c1ccc(N2CCC(N3CCCC(C(=O)N4CCCC4)C3)CC2)nc1. The van der Waals surface area contributed by atoms with Crippen LogP contribution in [0.1, 0.15) is 55.8 Å². The smallest absolute Gasteiger partial charge is 0.226 e. The lowest BCUT2D eigenvalue weighted by molar-refractivity contribution is -0.136. The maximum atomic E-state index is 12.8. The molecule has 3 aliphatic rings. The summed E-state index contributed by atoms with van der Waals surface area (Å²) in [6.45, 7) is 7.52. The summed E-state index contributed by atoms with van der Waals surface area (Å²) in [7, 11) is 0. The Hall–Kier alpha value is -1.95. The number of rotatable bonds is 4. The third-order valence-corrected chi connectivity index (χ3v) is 6.68. The molecule has 0 aromatic carbocycles. The number of hydrogen-bond acceptors (Lipinski definition) is 5. The minimum absolute atomic E-state index is 0.0564. The van der Waals surface area contributed by atoms with Crippen LogP contribution in [0, 0.1) is 5.92 Å². The fraction of sp³-hybridized carbons (Fsp3) is 0.682. The number of ketones is 1. The maximum Gasteiger partial charge on any atom is 0.226 e. The van der Waals surface area contributed by atoms with Crippen molar-refractivity contribution in [3.05, 3.63) is 23.9 Å². The number of nitrogens with zero attached hydrogens (tertiary/aromatic N) is 4. The van der Waals surface area contributed by atoms with Gasteiger partial charge in [0.1, 0.15) is 5.82 Å². The Morgan fingerprint density at radius 2 is 1.71 bits per heavy atom. The Labute approximate surface area is 167 Å². The molecule has 0 aliphatic carbocycles. The van der Waals surface area contributed by atoms with Gasteiger partial charge in [-0.2, -0.15) is 0 Å². The van der Waals surface area contributed by atoms with Crippen LogP contribution in [0.25, 0.3) is 0 Å². The van der Waals surface area contributed by atoms with Gasteiger partial charge in [-0.1, -0.05) is 0 Å². The molecule has 3 aliphatic heterocycles. The Morgan fingerprint density at radius 3 is 2.36 bits per heavy atom. The van der Waals surface area contributed by atoms with Gasteiger partial charge in [-0.25, -0.2) is 4.98 Å². The van der Waals surface area contributed by atoms with E-state index in [0.717, 1.165) is 70.8 Å². The lowest BCUT2D eigenvalue weighted by atomic mass is 9.93. The zero-order valence-corrected chi connectivity index (χ0v) is 17.0. The summed E-state index contributed by atoms with van der Waals surface area (Å²) in [5.74, 6) is 1.62. The summed E-state index contributed by atoms with van der Waals surface area (Å²) in [5, 5.41) is 0. The number of carbonyl (C=O) groups is 2. The number of hydrogen-bond donors (Lipinski definition) is 0. The first-order chi connectivity index (χ1) is 13.6. The molecular weight excluding hydrogens is 352 g/mol. The number of Topliss-reactive ketones (excluding diaryl/α,β-unsaturated/α-hetero) is 1. The van der Waals surface area contributed by atoms with Crippen molar-refractivity contribution < 1.29 is 9.59 Å². The topological polar surface area (TPSA) is 56.8 Å². The molecule has 1 aromatic heterocycles. The van der Waals surface area contributed by atoms with Gasteiger partial charge < -0.3 is 9.80 Å². The lowest BCUT2D eigenvalue weighted by Gasteiger charge is -2.42. The van der Waals surface area contributed by atoms with Gasteiger partial charge in [0.25, 0.3) is 0 Å². The molecule has 3 fully saturated rings. The van der Waals surface area contributed by atoms with E-state index in [1.807, 2.05) is 12.1 Å². The Kier molecular flexibility index (Phi) is 5.95. The van der Waals surface area contributed by atoms with E-state index in [-0.39, 0.29) is 11.7 Å². The van der Waals surface area contributed by atoms with Crippen molar-refractivity contribution in [2.24, 2.45) is 5.92 Å². The quantitative estimate of drug-likeness (QED) is 0.747. The molecule has 1 unspecified atom stereocenters. The molecule has 0 bridgehead atoms. The summed E-state index contributed by atoms with van der Waals surface area (Å²) in [6, 6.07) is 4.40. The third kappa shape index (κ3) is 4.22. The van der Waals surface area contributed by atoms with Gasteiger partial charge in [-0.3, -0.25) is 14.5 Å². The van der Waals surface area contributed by atoms with E-state index >= 15 is 0 Å². The highest BCUT2D eigenvalue weighted by molar-refractivity contribution is 5.93. The molecule has 152 valence electrons. The summed E-state index contributed by atoms with van der Waals surface area (Å²) >= 11 is 0. The average molecular weight is 385 g/mol. The van der Waals surface area contributed by atoms with E-state index < -0.39 is 0 Å². The average Bonchev–Trinajstić information content (AvgIpc) is 3.28. The molecular formula is C22H32N4O2. The van der Waals surface area contributed by atoms with Crippen molar-refractivity contribution in [2.45, 2.75) is 51.5 Å². The van der Waals surface area contributed by atoms with Gasteiger partial charge in [0.2, 0.25) is 5.91 Å². The van der Waals surface area contributed by atoms with Crippen LogP contribution >= 0.6 is 0 Å². The van der Waals surface area contributed by atoms with Crippen LogP contribution in [0.5, 0.6) is 0 Å². The monoisotopic (exact) mass is 384 g/mol. The van der Waals surface area contributed by atoms with Gasteiger partial charge in [0, 0.05) is 50.5 Å². The highest BCUT2D eigenvalue weighted by atomic mass is 16.2. The number of likely N-dealkylation sites (tertiary alicyclic amines) is 2. The van der Waals surface area contributed by atoms with Crippen LogP contribution in [0.15, 0.2) is 18.3 Å². The van der Waals surface area contributed by atoms with E-state index in [1.54, 1.807) is 13.1 Å². The van der Waals surface area contributed by atoms with Crippen LogP contribution < -0.4 is 4.90 Å². The first-order valence-electron chi connectivity index (χ1n) is 10.9. The molecule has 4 heterocycles. The van der Waals surface area contributed by atoms with Crippen molar-refractivity contribution in [1.82, 2.24) is 14.8 Å². The van der Waals surface area contributed by atoms with Crippen molar-refractivity contribution >= 4 is 17.5 Å². The van der Waals surface area contributed by atoms with Crippen molar-refractivity contribution in [3.63, 3.8) is 0 Å². The number of amides is 1. The molecule has 0 N–H and O–H groups in total. The summed E-state index contributed by atoms with van der Waals surface area (Å²) < 4.78 is 0. The number of pyridine rings is 1. The zero-order chi connectivity index (χ0) is 19.5. The number of piperidine rings is 2. The van der Waals surface area contributed by atoms with Crippen LogP contribution in [0.3, 0.4) is 0 Å². The first-order valence-corrected chi connectivity index (χ1v) is 10.9. The normalized spacial score (nSPS) is 24.5. The molecule has 6 heteroatoms. The zero-order valence-electron chi connectivity index (χ0n) is 17.0. The second kappa shape index (κ2) is 8.60. The van der Waals surface area contributed by atoms with Crippen LogP contribution in [-0.2, 0) is 4.79 Å². The summed E-state index contributed by atoms with van der Waals surface area (Å²) in [6.07, 6.45) is 8.43. The van der Waals surface area contributed by atoms with E-state index in [0.29, 0.717) is 17.5 Å². The van der Waals surface area contributed by atoms with E-state index in [9.17, 15) is 9.59 Å². The third-order valence-electron chi connectivity index (χ3n) is 6.68. The molecule has 6 nitrogen and oxygen atoms in total. The predicted octanol–water partition coefficient (Wildman–Crippen LogP) is 2.59. The van der Waals surface area contributed by atoms with Crippen LogP contribution in [0.2, 0.25) is 0 Å². The molecule has 1 atom stereocenters. The molecule has 28 heavy (non-hydrogen) atoms. The maximum absolute atomic E-state index is 12.8. The Bertz CT molecular complexity index is 691. The van der Waals surface area contributed by atoms with Gasteiger partial charge in [0.05, 0.1) is 5.92 Å². The largest absolute Gasteiger partial charge is 0.357 e. The molecule has 4 rings (SSSR count). The van der Waals surface area contributed by atoms with Crippen molar-refractivity contribution in [2.75, 3.05) is 44.2 Å². The van der Waals surface area contributed by atoms with Crippen LogP contribution in [0.4, 0.5) is 5.82 Å². The molecule has 0 spiro atoms. The number of aromatic nitrogens is 1. The molecule has 0 radical (unpaired) electrons. The standard InChI is InChI=1S/C22H32N4O2/c1-17(27)18-6-7-21(23-15-18)24-13-8-20(9-14-24)26-12-4-5-19(16-26)22(28)25-10-2-3-11-25/h6-7,15,19-20H,2-5,8-14,16H2,1H3. The predicted molar refractivity (Wildman–Crippen MR) is 110 cm³/mol. The number of anilines is 1. The lowest BCUT2D eigenvalue weighted by Crippen LogP contribution is -2.51. The molecule has 1 aromatic rings. The second-order valence-electron chi connectivity index (χ2n) is 8.55. The minimum atomic E-state index is 0.0564. The fourth-order valence-electron chi connectivity index (χ4n) is 4.98. The molecule has 0 saturated carbocycles. The minimum Gasteiger partial charge on any atom is -0.357 e. The van der Waals surface area contributed by atoms with Crippen molar-refractivity contribution in [1.29, 1.82) is 0 Å². The van der Waals surface area contributed by atoms with E-state index in [2.05, 4.69) is 19.7 Å². The van der Waals surface area contributed by atoms with Crippen LogP contribution in [-0.4, -0.2) is 71.8 Å². The van der Waals surface area contributed by atoms with Gasteiger partial charge in [-0.05, 0) is 64.1 Å². The Morgan fingerprint density at radius 1 is 0.964 bits per heavy atom. The summed E-state index contributed by atoms with van der Waals surface area (Å²) in [4.78, 5) is 35.7. The van der Waals surface area contributed by atoms with Crippen molar-refractivity contribution in [3.8, 4) is 0 Å². The fourth-order valence-corrected chi connectivity index (χ4v) is 4.98. The molecule has 1 amide bonds. The molecule has 3 saturated heterocycles. The highest BCUT2D eigenvalue weighted by Gasteiger charge is 2.34. The van der Waals surface area contributed by atoms with E-state index in [4.69, 9.17) is 0 Å².